The molecule has 0 fully saturated rings. The summed E-state index contributed by atoms with van der Waals surface area (Å²) in [6.45, 7) is 0.440. The van der Waals surface area contributed by atoms with Gasteiger partial charge in [-0.2, -0.15) is 0 Å². The number of pyridine rings is 1. The number of hydrogen-bond acceptors (Lipinski definition) is 3. The van der Waals surface area contributed by atoms with Gasteiger partial charge in [-0.05, 0) is 42.7 Å². The van der Waals surface area contributed by atoms with Gasteiger partial charge in [0.05, 0.1) is 5.69 Å². The Morgan fingerprint density at radius 2 is 2.38 bits per heavy atom. The molecule has 1 aromatic rings. The summed E-state index contributed by atoms with van der Waals surface area (Å²) in [5, 5.41) is 0. The molecule has 3 nitrogen and oxygen atoms in total. The molecular formula is C13H13NO2. The first kappa shape index (κ1) is 10.6. The Balaban J connectivity index is 1.94. The lowest BCUT2D eigenvalue weighted by molar-refractivity contribution is -0.105. The van der Waals surface area contributed by atoms with E-state index in [0.29, 0.717) is 6.61 Å². The number of aromatic nitrogens is 1. The first-order chi connectivity index (χ1) is 7.88. The third-order valence-corrected chi connectivity index (χ3v) is 2.37. The third kappa shape index (κ3) is 2.79. The van der Waals surface area contributed by atoms with Crippen molar-refractivity contribution in [1.82, 2.24) is 4.98 Å². The molecule has 1 heterocycles. The first-order valence-electron chi connectivity index (χ1n) is 5.27. The van der Waals surface area contributed by atoms with Crippen LogP contribution in [0, 0.1) is 0 Å². The van der Waals surface area contributed by atoms with Crippen molar-refractivity contribution in [1.29, 1.82) is 0 Å². The van der Waals surface area contributed by atoms with Gasteiger partial charge >= 0.3 is 0 Å². The molecule has 0 unspecified atom stereocenters. The number of nitrogens with zero attached hydrogens (tertiary/aromatic N) is 1. The van der Waals surface area contributed by atoms with E-state index in [-0.39, 0.29) is 0 Å². The lowest BCUT2D eigenvalue weighted by atomic mass is 10.1. The third-order valence-electron chi connectivity index (χ3n) is 2.37. The van der Waals surface area contributed by atoms with Gasteiger partial charge < -0.3 is 4.74 Å². The fourth-order valence-corrected chi connectivity index (χ4v) is 1.53. The van der Waals surface area contributed by atoms with E-state index in [9.17, 15) is 4.79 Å². The summed E-state index contributed by atoms with van der Waals surface area (Å²) in [6, 6.07) is 5.70. The molecule has 1 aromatic heterocycles. The van der Waals surface area contributed by atoms with Gasteiger partial charge in [0.15, 0.2) is 0 Å². The number of carbonyl (C=O) groups is 1. The van der Waals surface area contributed by atoms with Gasteiger partial charge in [0, 0.05) is 6.20 Å². The van der Waals surface area contributed by atoms with E-state index >= 15 is 0 Å². The molecule has 0 saturated heterocycles. The molecule has 0 spiro atoms. The van der Waals surface area contributed by atoms with Crippen LogP contribution < -0.4 is 0 Å². The van der Waals surface area contributed by atoms with Crippen molar-refractivity contribution in [2.24, 2.45) is 0 Å². The maximum atomic E-state index is 10.6. The molecule has 0 bridgehead atoms. The van der Waals surface area contributed by atoms with Gasteiger partial charge in [0.1, 0.15) is 18.7 Å². The van der Waals surface area contributed by atoms with Gasteiger partial charge in [-0.3, -0.25) is 9.78 Å². The summed E-state index contributed by atoms with van der Waals surface area (Å²) in [5.74, 6) is 0.763. The molecule has 0 aliphatic heterocycles. The quantitative estimate of drug-likeness (QED) is 0.724. The molecule has 0 atom stereocenters. The molecule has 0 aromatic carbocycles. The zero-order valence-electron chi connectivity index (χ0n) is 8.93. The van der Waals surface area contributed by atoms with Crippen molar-refractivity contribution < 1.29 is 9.53 Å². The first-order valence-corrected chi connectivity index (χ1v) is 5.27. The van der Waals surface area contributed by atoms with E-state index < -0.39 is 0 Å². The molecule has 0 saturated carbocycles. The minimum absolute atomic E-state index is 0.440. The topological polar surface area (TPSA) is 39.2 Å². The second-order valence-electron chi connectivity index (χ2n) is 3.59. The minimum atomic E-state index is 0.440. The highest BCUT2D eigenvalue weighted by Gasteiger charge is 2.05. The Bertz CT molecular complexity index is 421. The Kier molecular flexibility index (Phi) is 3.49. The molecule has 3 heteroatoms. The molecule has 0 amide bonds. The van der Waals surface area contributed by atoms with Crippen LogP contribution in [0.4, 0.5) is 0 Å². The van der Waals surface area contributed by atoms with Crippen LogP contribution in [0.2, 0.25) is 0 Å². The minimum Gasteiger partial charge on any atom is -0.488 e. The van der Waals surface area contributed by atoms with E-state index in [1.807, 2.05) is 24.3 Å². The number of rotatable bonds is 4. The van der Waals surface area contributed by atoms with Crippen molar-refractivity contribution in [2.45, 2.75) is 19.4 Å². The molecule has 1 aliphatic carbocycles. The zero-order chi connectivity index (χ0) is 11.2. The van der Waals surface area contributed by atoms with E-state index in [0.717, 1.165) is 36.2 Å². The van der Waals surface area contributed by atoms with Crippen molar-refractivity contribution in [3.63, 3.8) is 0 Å². The normalized spacial score (nSPS) is 15.0. The highest BCUT2D eigenvalue weighted by Crippen LogP contribution is 2.17. The van der Waals surface area contributed by atoms with Crippen molar-refractivity contribution in [2.75, 3.05) is 0 Å². The summed E-state index contributed by atoms with van der Waals surface area (Å²) < 4.78 is 5.56. The average molecular weight is 215 g/mol. The summed E-state index contributed by atoms with van der Waals surface area (Å²) >= 11 is 0. The number of aldehydes is 1. The SMILES string of the molecule is O=CC1=CC(OCc2ccccn2)=CCC1. The summed E-state index contributed by atoms with van der Waals surface area (Å²) in [7, 11) is 0. The number of hydrogen-bond donors (Lipinski definition) is 0. The molecule has 0 radical (unpaired) electrons. The van der Waals surface area contributed by atoms with Crippen molar-refractivity contribution in [3.8, 4) is 0 Å². The highest BCUT2D eigenvalue weighted by atomic mass is 16.5. The Morgan fingerprint density at radius 1 is 1.44 bits per heavy atom. The van der Waals surface area contributed by atoms with Crippen LogP contribution in [0.1, 0.15) is 18.5 Å². The molecule has 16 heavy (non-hydrogen) atoms. The summed E-state index contributed by atoms with van der Waals surface area (Å²) in [6.07, 6.45) is 8.08. The Labute approximate surface area is 94.5 Å². The van der Waals surface area contributed by atoms with Gasteiger partial charge in [0.25, 0.3) is 0 Å². The van der Waals surface area contributed by atoms with E-state index in [1.54, 1.807) is 12.3 Å². The van der Waals surface area contributed by atoms with Gasteiger partial charge in [-0.1, -0.05) is 6.07 Å². The second kappa shape index (κ2) is 5.26. The van der Waals surface area contributed by atoms with E-state index in [2.05, 4.69) is 4.98 Å². The van der Waals surface area contributed by atoms with Gasteiger partial charge in [-0.25, -0.2) is 0 Å². The zero-order valence-corrected chi connectivity index (χ0v) is 8.93. The number of allylic oxidation sites excluding steroid dienone is 3. The summed E-state index contributed by atoms with van der Waals surface area (Å²) in [4.78, 5) is 14.8. The Hall–Kier alpha value is -1.90. The van der Waals surface area contributed by atoms with Crippen LogP contribution in [0.25, 0.3) is 0 Å². The van der Waals surface area contributed by atoms with Gasteiger partial charge in [0.2, 0.25) is 0 Å². The largest absolute Gasteiger partial charge is 0.488 e. The van der Waals surface area contributed by atoms with Gasteiger partial charge in [-0.15, -0.1) is 0 Å². The number of ether oxygens (including phenoxy) is 1. The predicted octanol–water partition coefficient (Wildman–Crippen LogP) is 2.40. The maximum absolute atomic E-state index is 10.6. The fourth-order valence-electron chi connectivity index (χ4n) is 1.53. The molecule has 2 rings (SSSR count). The van der Waals surface area contributed by atoms with E-state index in [4.69, 9.17) is 4.74 Å². The Morgan fingerprint density at radius 3 is 3.12 bits per heavy atom. The highest BCUT2D eigenvalue weighted by molar-refractivity contribution is 5.74. The summed E-state index contributed by atoms with van der Waals surface area (Å²) in [5.41, 5.74) is 1.67. The van der Waals surface area contributed by atoms with Crippen LogP contribution in [-0.4, -0.2) is 11.3 Å². The van der Waals surface area contributed by atoms with Crippen LogP contribution in [0.15, 0.2) is 47.9 Å². The van der Waals surface area contributed by atoms with Crippen LogP contribution in [0.5, 0.6) is 0 Å². The average Bonchev–Trinajstić information content (AvgIpc) is 2.38. The van der Waals surface area contributed by atoms with E-state index in [1.165, 1.54) is 0 Å². The van der Waals surface area contributed by atoms with Crippen molar-refractivity contribution >= 4 is 6.29 Å². The van der Waals surface area contributed by atoms with Crippen molar-refractivity contribution in [3.05, 3.63) is 53.6 Å². The monoisotopic (exact) mass is 215 g/mol. The number of carbonyl (C=O) groups excluding carboxylic acids is 1. The smallest absolute Gasteiger partial charge is 0.146 e. The molecular weight excluding hydrogens is 202 g/mol. The molecule has 82 valence electrons. The maximum Gasteiger partial charge on any atom is 0.146 e. The van der Waals surface area contributed by atoms with Crippen LogP contribution in [-0.2, 0) is 16.1 Å². The second-order valence-corrected chi connectivity index (χ2v) is 3.59. The van der Waals surface area contributed by atoms with Crippen LogP contribution >= 0.6 is 0 Å². The predicted molar refractivity (Wildman–Crippen MR) is 60.5 cm³/mol. The van der Waals surface area contributed by atoms with Crippen LogP contribution in [0.3, 0.4) is 0 Å². The molecule has 1 aliphatic rings. The lowest BCUT2D eigenvalue weighted by Gasteiger charge is -2.11. The standard InChI is InChI=1S/C13H13NO2/c15-9-11-4-3-6-13(8-11)16-10-12-5-1-2-7-14-12/h1-2,5-9H,3-4,10H2. The lowest BCUT2D eigenvalue weighted by Crippen LogP contribution is -1.99. The fraction of sp³-hybridized carbons (Fsp3) is 0.231. The molecule has 0 N–H and O–H groups in total.